The molecule has 0 saturated heterocycles. The highest BCUT2D eigenvalue weighted by molar-refractivity contribution is 14.1. The van der Waals surface area contributed by atoms with Crippen LogP contribution in [-0.4, -0.2) is 6.54 Å². The minimum Gasteiger partial charge on any atom is -0.329 e. The molecule has 0 aromatic heterocycles. The Morgan fingerprint density at radius 1 is 1.50 bits per heavy atom. The zero-order valence-corrected chi connectivity index (χ0v) is 10.2. The fourth-order valence-electron chi connectivity index (χ4n) is 0.926. The van der Waals surface area contributed by atoms with Gasteiger partial charge in [0, 0.05) is 20.6 Å². The Hall–Kier alpha value is 0.350. The lowest BCUT2D eigenvalue weighted by Gasteiger charge is -2.11. The zero-order valence-electron chi connectivity index (χ0n) is 6.43. The van der Waals surface area contributed by atoms with Gasteiger partial charge in [0.2, 0.25) is 0 Å². The maximum atomic E-state index is 5.81. The van der Waals surface area contributed by atoms with Crippen LogP contribution in [0.4, 0.5) is 0 Å². The molecule has 66 valence electrons. The van der Waals surface area contributed by atoms with E-state index in [4.69, 9.17) is 11.5 Å². The van der Waals surface area contributed by atoms with E-state index in [-0.39, 0.29) is 6.04 Å². The van der Waals surface area contributed by atoms with Crippen molar-refractivity contribution in [1.82, 2.24) is 0 Å². The number of hydrogen-bond donors (Lipinski definition) is 2. The highest BCUT2D eigenvalue weighted by Crippen LogP contribution is 2.22. The first kappa shape index (κ1) is 10.4. The predicted octanol–water partition coefficient (Wildman–Crippen LogP) is 2.01. The molecule has 1 unspecified atom stereocenters. The Labute approximate surface area is 94.0 Å². The molecule has 1 rings (SSSR count). The first-order chi connectivity index (χ1) is 5.65. The Bertz CT molecular complexity index is 278. The Kier molecular flexibility index (Phi) is 3.95. The second-order valence-electron chi connectivity index (χ2n) is 2.51. The Morgan fingerprint density at radius 2 is 2.17 bits per heavy atom. The van der Waals surface area contributed by atoms with Crippen LogP contribution in [0.3, 0.4) is 0 Å². The van der Waals surface area contributed by atoms with E-state index in [1.807, 2.05) is 18.2 Å². The largest absolute Gasteiger partial charge is 0.329 e. The molecule has 0 saturated carbocycles. The maximum absolute atomic E-state index is 5.81. The van der Waals surface area contributed by atoms with Crippen LogP contribution in [0.2, 0.25) is 0 Å². The quantitative estimate of drug-likeness (QED) is 0.809. The molecule has 0 fully saturated rings. The van der Waals surface area contributed by atoms with E-state index >= 15 is 0 Å². The van der Waals surface area contributed by atoms with Crippen LogP contribution >= 0.6 is 38.5 Å². The smallest absolute Gasteiger partial charge is 0.0430 e. The molecule has 0 heterocycles. The van der Waals surface area contributed by atoms with Gasteiger partial charge in [0.1, 0.15) is 0 Å². The summed E-state index contributed by atoms with van der Waals surface area (Å²) in [6.07, 6.45) is 0. The van der Waals surface area contributed by atoms with Crippen molar-refractivity contribution in [3.8, 4) is 0 Å². The van der Waals surface area contributed by atoms with Crippen LogP contribution in [0, 0.1) is 3.57 Å². The summed E-state index contributed by atoms with van der Waals surface area (Å²) in [5.41, 5.74) is 12.4. The van der Waals surface area contributed by atoms with Gasteiger partial charge in [-0.1, -0.05) is 15.9 Å². The molecule has 1 aromatic rings. The van der Waals surface area contributed by atoms with E-state index in [0.717, 1.165) is 13.6 Å². The molecule has 0 radical (unpaired) electrons. The fraction of sp³-hybridized carbons (Fsp3) is 0.250. The molecular formula is C8H10BrIN2. The minimum atomic E-state index is -0.0607. The normalized spacial score (nSPS) is 13.0. The summed E-state index contributed by atoms with van der Waals surface area (Å²) in [6.45, 7) is 0.479. The SMILES string of the molecule is NCC(N)c1cc(Br)ccc1I. The molecule has 1 aromatic carbocycles. The lowest BCUT2D eigenvalue weighted by molar-refractivity contribution is 0.732. The molecule has 0 aliphatic carbocycles. The first-order valence-electron chi connectivity index (χ1n) is 3.55. The van der Waals surface area contributed by atoms with E-state index in [2.05, 4.69) is 38.5 Å². The highest BCUT2D eigenvalue weighted by atomic mass is 127. The number of rotatable bonds is 2. The highest BCUT2D eigenvalue weighted by Gasteiger charge is 2.07. The maximum Gasteiger partial charge on any atom is 0.0430 e. The van der Waals surface area contributed by atoms with Crippen molar-refractivity contribution in [2.45, 2.75) is 6.04 Å². The van der Waals surface area contributed by atoms with Crippen molar-refractivity contribution >= 4 is 38.5 Å². The average Bonchev–Trinajstić information content (AvgIpc) is 2.08. The summed E-state index contributed by atoms with van der Waals surface area (Å²) >= 11 is 5.65. The fourth-order valence-corrected chi connectivity index (χ4v) is 2.04. The third-order valence-electron chi connectivity index (χ3n) is 1.61. The molecule has 2 nitrogen and oxygen atoms in total. The van der Waals surface area contributed by atoms with Crippen LogP contribution in [0.1, 0.15) is 11.6 Å². The summed E-state index contributed by atoms with van der Waals surface area (Å²) in [4.78, 5) is 0. The third-order valence-corrected chi connectivity index (χ3v) is 3.09. The van der Waals surface area contributed by atoms with Crippen LogP contribution in [0.15, 0.2) is 22.7 Å². The van der Waals surface area contributed by atoms with Crippen molar-refractivity contribution in [2.75, 3.05) is 6.54 Å². The molecule has 0 amide bonds. The summed E-state index contributed by atoms with van der Waals surface area (Å²) < 4.78 is 2.20. The van der Waals surface area contributed by atoms with E-state index in [0.29, 0.717) is 6.54 Å². The molecule has 4 N–H and O–H groups in total. The second-order valence-corrected chi connectivity index (χ2v) is 4.59. The minimum absolute atomic E-state index is 0.0607. The van der Waals surface area contributed by atoms with Crippen molar-refractivity contribution in [1.29, 1.82) is 0 Å². The van der Waals surface area contributed by atoms with Gasteiger partial charge in [-0.2, -0.15) is 0 Å². The lowest BCUT2D eigenvalue weighted by Crippen LogP contribution is -2.21. The Morgan fingerprint density at radius 3 is 2.75 bits per heavy atom. The van der Waals surface area contributed by atoms with Gasteiger partial charge in [-0.15, -0.1) is 0 Å². The average molecular weight is 341 g/mol. The Balaban J connectivity index is 3.04. The molecular weight excluding hydrogens is 331 g/mol. The molecule has 12 heavy (non-hydrogen) atoms. The predicted molar refractivity (Wildman–Crippen MR) is 62.8 cm³/mol. The lowest BCUT2D eigenvalue weighted by atomic mass is 10.1. The second kappa shape index (κ2) is 4.55. The number of hydrogen-bond acceptors (Lipinski definition) is 2. The molecule has 0 aliphatic rings. The topological polar surface area (TPSA) is 52.0 Å². The summed E-state index contributed by atoms with van der Waals surface area (Å²) in [5, 5.41) is 0. The van der Waals surface area contributed by atoms with Gasteiger partial charge < -0.3 is 11.5 Å². The van der Waals surface area contributed by atoms with Gasteiger partial charge in [0.05, 0.1) is 0 Å². The third kappa shape index (κ3) is 2.42. The van der Waals surface area contributed by atoms with Crippen molar-refractivity contribution in [3.63, 3.8) is 0 Å². The molecule has 0 spiro atoms. The van der Waals surface area contributed by atoms with Crippen LogP contribution < -0.4 is 11.5 Å². The van der Waals surface area contributed by atoms with E-state index in [1.54, 1.807) is 0 Å². The van der Waals surface area contributed by atoms with Gasteiger partial charge in [0.15, 0.2) is 0 Å². The van der Waals surface area contributed by atoms with Crippen molar-refractivity contribution in [3.05, 3.63) is 31.8 Å². The van der Waals surface area contributed by atoms with Crippen LogP contribution in [0.5, 0.6) is 0 Å². The van der Waals surface area contributed by atoms with E-state index < -0.39 is 0 Å². The number of halogens is 2. The van der Waals surface area contributed by atoms with Gasteiger partial charge in [0.25, 0.3) is 0 Å². The standard InChI is InChI=1S/C8H10BrIN2/c9-5-1-2-7(10)6(3-5)8(12)4-11/h1-3,8H,4,11-12H2. The van der Waals surface area contributed by atoms with E-state index in [1.165, 1.54) is 0 Å². The van der Waals surface area contributed by atoms with Gasteiger partial charge in [-0.05, 0) is 46.4 Å². The molecule has 1 atom stereocenters. The van der Waals surface area contributed by atoms with Crippen LogP contribution in [-0.2, 0) is 0 Å². The first-order valence-corrected chi connectivity index (χ1v) is 5.43. The number of benzene rings is 1. The van der Waals surface area contributed by atoms with E-state index in [9.17, 15) is 0 Å². The molecule has 4 heteroatoms. The molecule has 0 bridgehead atoms. The summed E-state index contributed by atoms with van der Waals surface area (Å²) in [6, 6.07) is 5.97. The van der Waals surface area contributed by atoms with Crippen molar-refractivity contribution in [2.24, 2.45) is 11.5 Å². The molecule has 0 aliphatic heterocycles. The van der Waals surface area contributed by atoms with Gasteiger partial charge in [-0.25, -0.2) is 0 Å². The van der Waals surface area contributed by atoms with Gasteiger partial charge in [-0.3, -0.25) is 0 Å². The summed E-state index contributed by atoms with van der Waals surface area (Å²) in [7, 11) is 0. The van der Waals surface area contributed by atoms with Gasteiger partial charge >= 0.3 is 0 Å². The summed E-state index contributed by atoms with van der Waals surface area (Å²) in [5.74, 6) is 0. The number of nitrogens with two attached hydrogens (primary N) is 2. The van der Waals surface area contributed by atoms with Crippen LogP contribution in [0.25, 0.3) is 0 Å². The van der Waals surface area contributed by atoms with Crippen molar-refractivity contribution < 1.29 is 0 Å². The monoisotopic (exact) mass is 340 g/mol. The zero-order chi connectivity index (χ0) is 9.14.